The lowest BCUT2D eigenvalue weighted by atomic mass is 9.75. The molecule has 82 valence electrons. The van der Waals surface area contributed by atoms with Crippen LogP contribution >= 0.6 is 11.3 Å². The summed E-state index contributed by atoms with van der Waals surface area (Å²) in [4.78, 5) is 4.00. The molecule has 0 aromatic carbocycles. The Kier molecular flexibility index (Phi) is 2.16. The van der Waals surface area contributed by atoms with Gasteiger partial charge in [0.25, 0.3) is 0 Å². The van der Waals surface area contributed by atoms with Crippen LogP contribution in [0.2, 0.25) is 0 Å². The third kappa shape index (κ3) is 1.53. The van der Waals surface area contributed by atoms with Gasteiger partial charge in [-0.15, -0.1) is 11.3 Å². The van der Waals surface area contributed by atoms with Crippen molar-refractivity contribution in [1.82, 2.24) is 4.90 Å². The Morgan fingerprint density at radius 2 is 2.47 bits per heavy atom. The van der Waals surface area contributed by atoms with E-state index in [2.05, 4.69) is 16.3 Å². The van der Waals surface area contributed by atoms with E-state index >= 15 is 0 Å². The second-order valence-electron chi connectivity index (χ2n) is 5.00. The minimum atomic E-state index is -0.437. The lowest BCUT2D eigenvalue weighted by Crippen LogP contribution is -2.59. The van der Waals surface area contributed by atoms with Gasteiger partial charge in [0.1, 0.15) is 0 Å². The van der Waals surface area contributed by atoms with E-state index in [1.165, 1.54) is 12.0 Å². The van der Waals surface area contributed by atoms with Gasteiger partial charge in [-0.3, -0.25) is 4.90 Å². The first-order valence-electron chi connectivity index (χ1n) is 5.68. The van der Waals surface area contributed by atoms with Crippen molar-refractivity contribution in [3.63, 3.8) is 0 Å². The summed E-state index contributed by atoms with van der Waals surface area (Å²) in [6, 6.07) is 2.63. The molecule has 1 aromatic heterocycles. The van der Waals surface area contributed by atoms with Gasteiger partial charge < -0.3 is 5.11 Å². The van der Waals surface area contributed by atoms with E-state index in [1.807, 2.05) is 18.3 Å². The van der Waals surface area contributed by atoms with E-state index in [0.29, 0.717) is 6.04 Å². The Hall–Kier alpha value is -0.380. The molecule has 3 rings (SSSR count). The van der Waals surface area contributed by atoms with E-state index in [-0.39, 0.29) is 0 Å². The van der Waals surface area contributed by atoms with Crippen molar-refractivity contribution in [3.8, 4) is 0 Å². The average Bonchev–Trinajstić information content (AvgIpc) is 2.63. The van der Waals surface area contributed by atoms with Crippen LogP contribution in [0.15, 0.2) is 11.4 Å². The van der Waals surface area contributed by atoms with Gasteiger partial charge in [-0.2, -0.15) is 0 Å². The van der Waals surface area contributed by atoms with E-state index in [0.717, 1.165) is 25.9 Å². The van der Waals surface area contributed by atoms with Crippen LogP contribution in [-0.2, 0) is 13.0 Å². The maximum absolute atomic E-state index is 10.1. The van der Waals surface area contributed by atoms with Crippen molar-refractivity contribution in [2.75, 3.05) is 6.54 Å². The predicted molar refractivity (Wildman–Crippen MR) is 62.1 cm³/mol. The number of rotatable bonds is 1. The molecule has 1 saturated carbocycles. The number of fused-ring (bicyclic) bond motifs is 1. The fourth-order valence-electron chi connectivity index (χ4n) is 2.80. The summed E-state index contributed by atoms with van der Waals surface area (Å²) >= 11 is 1.88. The Labute approximate surface area is 94.5 Å². The topological polar surface area (TPSA) is 23.5 Å². The van der Waals surface area contributed by atoms with Crippen LogP contribution in [-0.4, -0.2) is 28.2 Å². The predicted octanol–water partition coefficient (Wildman–Crippen LogP) is 2.02. The van der Waals surface area contributed by atoms with E-state index < -0.39 is 5.60 Å². The first kappa shape index (κ1) is 9.82. The minimum Gasteiger partial charge on any atom is -0.389 e. The van der Waals surface area contributed by atoms with Gasteiger partial charge in [-0.05, 0) is 43.2 Å². The van der Waals surface area contributed by atoms with Gasteiger partial charge in [0.05, 0.1) is 5.60 Å². The average molecular weight is 223 g/mol. The third-order valence-corrected chi connectivity index (χ3v) is 4.94. The van der Waals surface area contributed by atoms with E-state index in [4.69, 9.17) is 0 Å². The van der Waals surface area contributed by atoms with Crippen molar-refractivity contribution in [3.05, 3.63) is 21.9 Å². The highest BCUT2D eigenvalue weighted by Crippen LogP contribution is 2.38. The van der Waals surface area contributed by atoms with Crippen LogP contribution in [0, 0.1) is 0 Å². The Bertz CT molecular complexity index is 371. The second-order valence-corrected chi connectivity index (χ2v) is 6.00. The second kappa shape index (κ2) is 3.30. The molecule has 1 aliphatic carbocycles. The standard InChI is InChI=1S/C12H17NOS/c1-12(14)5-2-11(12)13-6-3-10-9(8-13)4-7-15-10/h4,7,11,14H,2-3,5-6,8H2,1H3/t11-,12-/m0/s1. The van der Waals surface area contributed by atoms with Crippen LogP contribution in [0.3, 0.4) is 0 Å². The molecule has 0 radical (unpaired) electrons. The molecule has 0 saturated heterocycles. The van der Waals surface area contributed by atoms with E-state index in [9.17, 15) is 5.11 Å². The zero-order chi connectivity index (χ0) is 10.5. The molecule has 0 amide bonds. The largest absolute Gasteiger partial charge is 0.389 e. The van der Waals surface area contributed by atoms with Gasteiger partial charge in [-0.1, -0.05) is 0 Å². The van der Waals surface area contributed by atoms with Crippen LogP contribution < -0.4 is 0 Å². The van der Waals surface area contributed by atoms with Crippen molar-refractivity contribution in [2.24, 2.45) is 0 Å². The molecule has 0 spiro atoms. The Morgan fingerprint density at radius 3 is 3.13 bits per heavy atom. The van der Waals surface area contributed by atoms with Crippen LogP contribution in [0.5, 0.6) is 0 Å². The summed E-state index contributed by atoms with van der Waals surface area (Å²) in [6.45, 7) is 4.14. The fourth-order valence-corrected chi connectivity index (χ4v) is 3.69. The molecule has 2 atom stereocenters. The fraction of sp³-hybridized carbons (Fsp3) is 0.667. The molecular weight excluding hydrogens is 206 g/mol. The summed E-state index contributed by atoms with van der Waals surface area (Å²) in [5.74, 6) is 0. The number of hydrogen-bond acceptors (Lipinski definition) is 3. The molecule has 1 fully saturated rings. The molecule has 0 unspecified atom stereocenters. The van der Waals surface area contributed by atoms with E-state index in [1.54, 1.807) is 4.88 Å². The number of aliphatic hydroxyl groups is 1. The summed E-state index contributed by atoms with van der Waals surface area (Å²) < 4.78 is 0. The van der Waals surface area contributed by atoms with Gasteiger partial charge >= 0.3 is 0 Å². The molecule has 1 aromatic rings. The maximum Gasteiger partial charge on any atom is 0.0775 e. The molecule has 3 heteroatoms. The molecule has 0 bridgehead atoms. The minimum absolute atomic E-state index is 0.394. The number of hydrogen-bond donors (Lipinski definition) is 1. The lowest BCUT2D eigenvalue weighted by molar-refractivity contribution is -0.107. The van der Waals surface area contributed by atoms with Gasteiger partial charge in [-0.25, -0.2) is 0 Å². The van der Waals surface area contributed by atoms with Crippen LogP contribution in [0.4, 0.5) is 0 Å². The lowest BCUT2D eigenvalue weighted by Gasteiger charge is -2.50. The SMILES string of the molecule is C[C@]1(O)CC[C@@H]1N1CCc2sccc2C1. The van der Waals surface area contributed by atoms with Gasteiger partial charge in [0.2, 0.25) is 0 Å². The van der Waals surface area contributed by atoms with Crippen molar-refractivity contribution in [1.29, 1.82) is 0 Å². The summed E-state index contributed by atoms with van der Waals surface area (Å²) in [5.41, 5.74) is 1.04. The summed E-state index contributed by atoms with van der Waals surface area (Å²) in [5, 5.41) is 12.3. The molecule has 2 nitrogen and oxygen atoms in total. The molecule has 2 heterocycles. The first-order valence-corrected chi connectivity index (χ1v) is 6.56. The molecular formula is C12H17NOS. The Balaban J connectivity index is 1.76. The normalized spacial score (nSPS) is 36.0. The van der Waals surface area contributed by atoms with Crippen molar-refractivity contribution < 1.29 is 5.11 Å². The highest BCUT2D eigenvalue weighted by atomic mass is 32.1. The van der Waals surface area contributed by atoms with Crippen molar-refractivity contribution >= 4 is 11.3 Å². The van der Waals surface area contributed by atoms with Crippen LogP contribution in [0.25, 0.3) is 0 Å². The van der Waals surface area contributed by atoms with Crippen molar-refractivity contribution in [2.45, 2.75) is 44.4 Å². The first-order chi connectivity index (χ1) is 7.17. The quantitative estimate of drug-likeness (QED) is 0.787. The zero-order valence-electron chi connectivity index (χ0n) is 9.07. The maximum atomic E-state index is 10.1. The highest BCUT2D eigenvalue weighted by Gasteiger charge is 2.44. The zero-order valence-corrected chi connectivity index (χ0v) is 9.89. The molecule has 2 aliphatic rings. The molecule has 1 N–H and O–H groups in total. The van der Waals surface area contributed by atoms with Gasteiger partial charge in [0.15, 0.2) is 0 Å². The monoisotopic (exact) mass is 223 g/mol. The van der Waals surface area contributed by atoms with Gasteiger partial charge in [0, 0.05) is 24.0 Å². The van der Waals surface area contributed by atoms with Crippen LogP contribution in [0.1, 0.15) is 30.2 Å². The number of thiophene rings is 1. The number of nitrogens with zero attached hydrogens (tertiary/aromatic N) is 1. The molecule has 1 aliphatic heterocycles. The molecule has 15 heavy (non-hydrogen) atoms. The highest BCUT2D eigenvalue weighted by molar-refractivity contribution is 7.10. The third-order valence-electron chi connectivity index (χ3n) is 3.92. The summed E-state index contributed by atoms with van der Waals surface area (Å²) in [6.07, 6.45) is 3.29. The summed E-state index contributed by atoms with van der Waals surface area (Å²) in [7, 11) is 0. The smallest absolute Gasteiger partial charge is 0.0775 e. The Morgan fingerprint density at radius 1 is 1.60 bits per heavy atom.